The summed E-state index contributed by atoms with van der Waals surface area (Å²) in [4.78, 5) is 2.27. The van der Waals surface area contributed by atoms with Crippen LogP contribution in [-0.2, 0) is 6.54 Å². The molecule has 0 aromatic heterocycles. The van der Waals surface area contributed by atoms with E-state index in [1.807, 2.05) is 6.07 Å². The highest BCUT2D eigenvalue weighted by atomic mass is 127. The second-order valence-corrected chi connectivity index (χ2v) is 4.36. The Balaban J connectivity index is 2.79. The highest BCUT2D eigenvalue weighted by Gasteiger charge is 2.05. The van der Waals surface area contributed by atoms with Gasteiger partial charge in [-0.25, -0.2) is 4.39 Å². The van der Waals surface area contributed by atoms with Crippen molar-refractivity contribution in [3.05, 3.63) is 33.1 Å². The topological polar surface area (TPSA) is 3.24 Å². The minimum Gasteiger partial charge on any atom is -0.300 e. The molecule has 14 heavy (non-hydrogen) atoms. The minimum absolute atomic E-state index is 0.146. The molecular formula is C11H15FIN. The zero-order valence-corrected chi connectivity index (χ0v) is 10.7. The van der Waals surface area contributed by atoms with Gasteiger partial charge in [-0.3, -0.25) is 4.90 Å². The molecule has 0 saturated heterocycles. The van der Waals surface area contributed by atoms with Gasteiger partial charge in [0, 0.05) is 10.1 Å². The van der Waals surface area contributed by atoms with Crippen molar-refractivity contribution in [2.24, 2.45) is 0 Å². The van der Waals surface area contributed by atoms with Gasteiger partial charge in [0.1, 0.15) is 5.82 Å². The first-order chi connectivity index (χ1) is 6.67. The first-order valence-electron chi connectivity index (χ1n) is 4.83. The molecule has 0 saturated carbocycles. The summed E-state index contributed by atoms with van der Waals surface area (Å²) in [6.45, 7) is 7.08. The van der Waals surface area contributed by atoms with E-state index < -0.39 is 0 Å². The molecule has 0 aliphatic heterocycles. The van der Waals surface area contributed by atoms with Gasteiger partial charge in [0.2, 0.25) is 0 Å². The van der Waals surface area contributed by atoms with Crippen LogP contribution in [0.15, 0.2) is 18.2 Å². The molecule has 78 valence electrons. The summed E-state index contributed by atoms with van der Waals surface area (Å²) in [5.74, 6) is -0.146. The van der Waals surface area contributed by atoms with Crippen LogP contribution in [0, 0.1) is 9.39 Å². The van der Waals surface area contributed by atoms with Gasteiger partial charge in [-0.1, -0.05) is 13.8 Å². The lowest BCUT2D eigenvalue weighted by atomic mass is 10.2. The van der Waals surface area contributed by atoms with E-state index >= 15 is 0 Å². The maximum absolute atomic E-state index is 13.0. The van der Waals surface area contributed by atoms with Gasteiger partial charge in [0.05, 0.1) is 0 Å². The normalized spacial score (nSPS) is 10.9. The van der Waals surface area contributed by atoms with Crippen LogP contribution in [0.2, 0.25) is 0 Å². The summed E-state index contributed by atoms with van der Waals surface area (Å²) < 4.78 is 14.1. The predicted octanol–water partition coefficient (Wildman–Crippen LogP) is 3.27. The Hall–Kier alpha value is -0.160. The Kier molecular flexibility index (Phi) is 4.81. The number of nitrogens with zero attached hydrogens (tertiary/aromatic N) is 1. The molecule has 0 heterocycles. The van der Waals surface area contributed by atoms with Crippen molar-refractivity contribution in [2.45, 2.75) is 20.4 Å². The predicted molar refractivity (Wildman–Crippen MR) is 65.7 cm³/mol. The Morgan fingerprint density at radius 3 is 2.50 bits per heavy atom. The first-order valence-corrected chi connectivity index (χ1v) is 5.91. The average molecular weight is 307 g/mol. The van der Waals surface area contributed by atoms with Gasteiger partial charge >= 0.3 is 0 Å². The van der Waals surface area contributed by atoms with Crippen molar-refractivity contribution in [1.29, 1.82) is 0 Å². The van der Waals surface area contributed by atoms with Crippen molar-refractivity contribution >= 4 is 22.6 Å². The van der Waals surface area contributed by atoms with Crippen molar-refractivity contribution in [1.82, 2.24) is 4.90 Å². The van der Waals surface area contributed by atoms with Gasteiger partial charge in [-0.2, -0.15) is 0 Å². The van der Waals surface area contributed by atoms with Crippen molar-refractivity contribution in [3.8, 4) is 0 Å². The third-order valence-electron chi connectivity index (χ3n) is 2.30. The highest BCUT2D eigenvalue weighted by Crippen LogP contribution is 2.15. The molecular weight excluding hydrogens is 292 g/mol. The lowest BCUT2D eigenvalue weighted by Gasteiger charge is -2.18. The van der Waals surface area contributed by atoms with Gasteiger partial charge in [0.25, 0.3) is 0 Å². The SMILES string of the molecule is CCN(CC)Cc1cc(F)ccc1I. The fourth-order valence-corrected chi connectivity index (χ4v) is 1.86. The van der Waals surface area contributed by atoms with E-state index in [0.29, 0.717) is 0 Å². The molecule has 0 spiro atoms. The van der Waals surface area contributed by atoms with Crippen LogP contribution >= 0.6 is 22.6 Å². The number of halogens is 2. The van der Waals surface area contributed by atoms with E-state index in [1.165, 1.54) is 6.07 Å². The zero-order chi connectivity index (χ0) is 10.6. The van der Waals surface area contributed by atoms with Gasteiger partial charge < -0.3 is 0 Å². The van der Waals surface area contributed by atoms with Crippen molar-refractivity contribution < 1.29 is 4.39 Å². The van der Waals surface area contributed by atoms with Crippen LogP contribution in [0.3, 0.4) is 0 Å². The Morgan fingerprint density at radius 2 is 1.93 bits per heavy atom. The molecule has 0 fully saturated rings. The zero-order valence-electron chi connectivity index (χ0n) is 8.56. The number of benzene rings is 1. The maximum atomic E-state index is 13.0. The third-order valence-corrected chi connectivity index (χ3v) is 3.35. The number of hydrogen-bond donors (Lipinski definition) is 0. The third kappa shape index (κ3) is 3.20. The van der Waals surface area contributed by atoms with Crippen molar-refractivity contribution in [2.75, 3.05) is 13.1 Å². The van der Waals surface area contributed by atoms with Crippen LogP contribution in [0.1, 0.15) is 19.4 Å². The molecule has 1 rings (SSSR count). The largest absolute Gasteiger partial charge is 0.300 e. The minimum atomic E-state index is -0.146. The Labute approximate surface area is 98.4 Å². The maximum Gasteiger partial charge on any atom is 0.123 e. The molecule has 1 aromatic carbocycles. The van der Waals surface area contributed by atoms with E-state index in [-0.39, 0.29) is 5.82 Å². The molecule has 0 N–H and O–H groups in total. The number of hydrogen-bond acceptors (Lipinski definition) is 1. The molecule has 0 unspecified atom stereocenters. The average Bonchev–Trinajstić information content (AvgIpc) is 2.19. The molecule has 3 heteroatoms. The molecule has 1 nitrogen and oxygen atoms in total. The van der Waals surface area contributed by atoms with Crippen molar-refractivity contribution in [3.63, 3.8) is 0 Å². The summed E-state index contributed by atoms with van der Waals surface area (Å²) in [6, 6.07) is 4.96. The van der Waals surface area contributed by atoms with Gasteiger partial charge in [-0.05, 0) is 59.4 Å². The number of rotatable bonds is 4. The van der Waals surface area contributed by atoms with Crippen LogP contribution in [0.25, 0.3) is 0 Å². The molecule has 0 bridgehead atoms. The smallest absolute Gasteiger partial charge is 0.123 e. The standard InChI is InChI=1S/C11H15FIN/c1-3-14(4-2)8-9-7-10(12)5-6-11(9)13/h5-7H,3-4,8H2,1-2H3. The van der Waals surface area contributed by atoms with Gasteiger partial charge in [-0.15, -0.1) is 0 Å². The van der Waals surface area contributed by atoms with Crippen LogP contribution < -0.4 is 0 Å². The molecule has 1 aromatic rings. The monoisotopic (exact) mass is 307 g/mol. The molecule has 0 radical (unpaired) electrons. The fraction of sp³-hybridized carbons (Fsp3) is 0.455. The van der Waals surface area contributed by atoms with E-state index in [4.69, 9.17) is 0 Å². The van der Waals surface area contributed by atoms with Gasteiger partial charge in [0.15, 0.2) is 0 Å². The summed E-state index contributed by atoms with van der Waals surface area (Å²) in [5, 5.41) is 0. The van der Waals surface area contributed by atoms with Crippen LogP contribution in [0.5, 0.6) is 0 Å². The Bertz CT molecular complexity index is 297. The lowest BCUT2D eigenvalue weighted by molar-refractivity contribution is 0.295. The second-order valence-electron chi connectivity index (χ2n) is 3.20. The lowest BCUT2D eigenvalue weighted by Crippen LogP contribution is -2.22. The molecule has 0 aliphatic rings. The van der Waals surface area contributed by atoms with E-state index in [9.17, 15) is 4.39 Å². The quantitative estimate of drug-likeness (QED) is 0.772. The fourth-order valence-electron chi connectivity index (χ4n) is 1.35. The summed E-state index contributed by atoms with van der Waals surface area (Å²) in [5.41, 5.74) is 1.08. The summed E-state index contributed by atoms with van der Waals surface area (Å²) >= 11 is 2.25. The summed E-state index contributed by atoms with van der Waals surface area (Å²) in [6.07, 6.45) is 0. The van der Waals surface area contributed by atoms with Crippen LogP contribution in [-0.4, -0.2) is 18.0 Å². The molecule has 0 aliphatic carbocycles. The molecule has 0 atom stereocenters. The Morgan fingerprint density at radius 1 is 1.29 bits per heavy atom. The van der Waals surface area contributed by atoms with E-state index in [2.05, 4.69) is 41.3 Å². The molecule has 0 amide bonds. The highest BCUT2D eigenvalue weighted by molar-refractivity contribution is 14.1. The van der Waals surface area contributed by atoms with E-state index in [0.717, 1.165) is 28.8 Å². The summed E-state index contributed by atoms with van der Waals surface area (Å²) in [7, 11) is 0. The van der Waals surface area contributed by atoms with E-state index in [1.54, 1.807) is 6.07 Å². The second kappa shape index (κ2) is 5.66. The van der Waals surface area contributed by atoms with Crippen LogP contribution in [0.4, 0.5) is 4.39 Å². The first kappa shape index (κ1) is 11.9.